The predicted molar refractivity (Wildman–Crippen MR) is 68.0 cm³/mol. The number of nitrogens with zero attached hydrogens (tertiary/aromatic N) is 1. The molecule has 0 unspecified atom stereocenters. The fraction of sp³-hybridized carbons (Fsp3) is 0.143. The smallest absolute Gasteiger partial charge is 0.159 e. The normalized spacial score (nSPS) is 10.1. The Bertz CT molecular complexity index is 555. The van der Waals surface area contributed by atoms with Crippen LogP contribution < -0.4 is 5.32 Å². The van der Waals surface area contributed by atoms with E-state index in [1.165, 1.54) is 25.1 Å². The van der Waals surface area contributed by atoms with Crippen molar-refractivity contribution in [1.82, 2.24) is 4.98 Å². The molecule has 2 aromatic rings. The second-order valence-electron chi connectivity index (χ2n) is 3.93. The average molecular weight is 244 g/mol. The van der Waals surface area contributed by atoms with Gasteiger partial charge in [0.15, 0.2) is 5.78 Å². The molecular formula is C14H13FN2O. The minimum atomic E-state index is -0.379. The molecule has 4 heteroatoms. The number of benzene rings is 1. The zero-order valence-corrected chi connectivity index (χ0v) is 9.98. The Morgan fingerprint density at radius 1 is 1.33 bits per heavy atom. The Morgan fingerprint density at radius 2 is 2.17 bits per heavy atom. The molecule has 0 aliphatic rings. The summed E-state index contributed by atoms with van der Waals surface area (Å²) in [5, 5.41) is 2.93. The van der Waals surface area contributed by atoms with Crippen LogP contribution in [0.3, 0.4) is 0 Å². The first-order valence-corrected chi connectivity index (χ1v) is 5.61. The van der Waals surface area contributed by atoms with Gasteiger partial charge in [-0.25, -0.2) is 4.39 Å². The molecule has 0 radical (unpaired) electrons. The second kappa shape index (κ2) is 5.40. The Hall–Kier alpha value is -2.23. The molecule has 0 fully saturated rings. The van der Waals surface area contributed by atoms with E-state index in [9.17, 15) is 9.18 Å². The minimum Gasteiger partial charge on any atom is -0.377 e. The summed E-state index contributed by atoms with van der Waals surface area (Å²) in [6.07, 6.45) is 1.68. The van der Waals surface area contributed by atoms with Gasteiger partial charge in [-0.05, 0) is 37.3 Å². The molecule has 1 heterocycles. The van der Waals surface area contributed by atoms with E-state index in [1.807, 2.05) is 18.2 Å². The molecule has 0 aliphatic heterocycles. The van der Waals surface area contributed by atoms with Crippen molar-refractivity contribution in [1.29, 1.82) is 0 Å². The average Bonchev–Trinajstić information content (AvgIpc) is 2.38. The first kappa shape index (κ1) is 12.2. The number of halogens is 1. The van der Waals surface area contributed by atoms with Gasteiger partial charge < -0.3 is 5.32 Å². The lowest BCUT2D eigenvalue weighted by Gasteiger charge is -2.08. The zero-order chi connectivity index (χ0) is 13.0. The number of rotatable bonds is 4. The number of carbonyl (C=O) groups is 1. The molecular weight excluding hydrogens is 231 g/mol. The minimum absolute atomic E-state index is 0.0871. The van der Waals surface area contributed by atoms with Crippen LogP contribution in [0, 0.1) is 5.82 Å². The highest BCUT2D eigenvalue weighted by atomic mass is 19.1. The van der Waals surface area contributed by atoms with Gasteiger partial charge in [-0.2, -0.15) is 0 Å². The maximum atomic E-state index is 13.5. The van der Waals surface area contributed by atoms with Crippen molar-refractivity contribution < 1.29 is 9.18 Å². The van der Waals surface area contributed by atoms with Crippen LogP contribution in [0.15, 0.2) is 42.6 Å². The molecule has 0 saturated heterocycles. The highest BCUT2D eigenvalue weighted by Crippen LogP contribution is 2.17. The van der Waals surface area contributed by atoms with Crippen LogP contribution in [0.25, 0.3) is 0 Å². The molecule has 1 aromatic carbocycles. The summed E-state index contributed by atoms with van der Waals surface area (Å²) in [7, 11) is 0. The summed E-state index contributed by atoms with van der Waals surface area (Å²) < 4.78 is 13.5. The van der Waals surface area contributed by atoms with Crippen molar-refractivity contribution in [2.24, 2.45) is 0 Å². The fourth-order valence-electron chi connectivity index (χ4n) is 1.57. The number of Topliss-reactive ketones (excluding diaryl/α,β-unsaturated/α-hetero) is 1. The lowest BCUT2D eigenvalue weighted by molar-refractivity contribution is 0.101. The van der Waals surface area contributed by atoms with Crippen LogP contribution >= 0.6 is 0 Å². The highest BCUT2D eigenvalue weighted by molar-refractivity contribution is 5.94. The van der Waals surface area contributed by atoms with E-state index in [-0.39, 0.29) is 11.6 Å². The van der Waals surface area contributed by atoms with Gasteiger partial charge in [0.25, 0.3) is 0 Å². The van der Waals surface area contributed by atoms with Gasteiger partial charge in [-0.15, -0.1) is 0 Å². The van der Waals surface area contributed by atoms with Crippen molar-refractivity contribution >= 4 is 11.5 Å². The molecule has 1 N–H and O–H groups in total. The maximum absolute atomic E-state index is 13.5. The van der Waals surface area contributed by atoms with Crippen LogP contribution in [0.2, 0.25) is 0 Å². The summed E-state index contributed by atoms with van der Waals surface area (Å²) in [4.78, 5) is 15.3. The topological polar surface area (TPSA) is 42.0 Å². The number of hydrogen-bond acceptors (Lipinski definition) is 3. The third-order valence-corrected chi connectivity index (χ3v) is 2.56. The lowest BCUT2D eigenvalue weighted by atomic mass is 10.1. The number of hydrogen-bond donors (Lipinski definition) is 1. The Labute approximate surface area is 105 Å². The van der Waals surface area contributed by atoms with E-state index < -0.39 is 0 Å². The third-order valence-electron chi connectivity index (χ3n) is 2.56. The molecule has 0 bridgehead atoms. The van der Waals surface area contributed by atoms with Gasteiger partial charge in [0.1, 0.15) is 5.82 Å². The second-order valence-corrected chi connectivity index (χ2v) is 3.93. The molecule has 3 nitrogen and oxygen atoms in total. The van der Waals surface area contributed by atoms with Crippen LogP contribution in [-0.4, -0.2) is 10.8 Å². The Kier molecular flexibility index (Phi) is 3.67. The van der Waals surface area contributed by atoms with Crippen LogP contribution in [0.5, 0.6) is 0 Å². The van der Waals surface area contributed by atoms with E-state index in [0.717, 1.165) is 5.69 Å². The van der Waals surface area contributed by atoms with Gasteiger partial charge in [0.05, 0.1) is 17.9 Å². The first-order valence-electron chi connectivity index (χ1n) is 5.61. The summed E-state index contributed by atoms with van der Waals surface area (Å²) in [6, 6.07) is 9.81. The molecule has 18 heavy (non-hydrogen) atoms. The van der Waals surface area contributed by atoms with E-state index in [4.69, 9.17) is 0 Å². The van der Waals surface area contributed by atoms with Crippen molar-refractivity contribution in [3.05, 3.63) is 59.7 Å². The first-order chi connectivity index (χ1) is 8.66. The van der Waals surface area contributed by atoms with Crippen LogP contribution in [0.4, 0.5) is 10.1 Å². The zero-order valence-electron chi connectivity index (χ0n) is 9.98. The summed E-state index contributed by atoms with van der Waals surface area (Å²) in [5.41, 5.74) is 1.61. The molecule has 0 amide bonds. The van der Waals surface area contributed by atoms with E-state index >= 15 is 0 Å². The number of carbonyl (C=O) groups excluding carboxylic acids is 1. The molecule has 2 rings (SSSR count). The monoisotopic (exact) mass is 244 g/mol. The predicted octanol–water partition coefficient (Wildman–Crippen LogP) is 3.04. The standard InChI is InChI=1S/C14H13FN2O/c1-10(18)11-5-6-13(15)14(8-11)17-9-12-4-2-3-7-16-12/h2-8,17H,9H2,1H3. The fourth-order valence-corrected chi connectivity index (χ4v) is 1.57. The van der Waals surface area contributed by atoms with E-state index in [1.54, 1.807) is 6.20 Å². The third kappa shape index (κ3) is 2.91. The van der Waals surface area contributed by atoms with Gasteiger partial charge in [0.2, 0.25) is 0 Å². The van der Waals surface area contributed by atoms with Gasteiger partial charge >= 0.3 is 0 Å². The molecule has 0 spiro atoms. The summed E-state index contributed by atoms with van der Waals surface area (Å²) in [6.45, 7) is 1.87. The van der Waals surface area contributed by atoms with E-state index in [2.05, 4.69) is 10.3 Å². The van der Waals surface area contributed by atoms with Crippen molar-refractivity contribution in [2.75, 3.05) is 5.32 Å². The van der Waals surface area contributed by atoms with Gasteiger partial charge in [-0.3, -0.25) is 9.78 Å². The maximum Gasteiger partial charge on any atom is 0.159 e. The van der Waals surface area contributed by atoms with Crippen molar-refractivity contribution in [3.8, 4) is 0 Å². The highest BCUT2D eigenvalue weighted by Gasteiger charge is 2.06. The summed E-state index contributed by atoms with van der Waals surface area (Å²) in [5.74, 6) is -0.466. The molecule has 0 atom stereocenters. The van der Waals surface area contributed by atoms with Crippen molar-refractivity contribution in [2.45, 2.75) is 13.5 Å². The lowest BCUT2D eigenvalue weighted by Crippen LogP contribution is -2.04. The number of pyridine rings is 1. The SMILES string of the molecule is CC(=O)c1ccc(F)c(NCc2ccccn2)c1. The largest absolute Gasteiger partial charge is 0.377 e. The molecule has 1 aromatic heterocycles. The Morgan fingerprint density at radius 3 is 2.83 bits per heavy atom. The van der Waals surface area contributed by atoms with Gasteiger partial charge in [-0.1, -0.05) is 6.07 Å². The molecule has 0 saturated carbocycles. The molecule has 92 valence electrons. The Balaban J connectivity index is 2.14. The van der Waals surface area contributed by atoms with Gasteiger partial charge in [0, 0.05) is 11.8 Å². The number of nitrogens with one attached hydrogen (secondary N) is 1. The summed E-state index contributed by atoms with van der Waals surface area (Å²) >= 11 is 0. The quantitative estimate of drug-likeness (QED) is 0.840. The van der Waals surface area contributed by atoms with Crippen LogP contribution in [0.1, 0.15) is 23.0 Å². The molecule has 0 aliphatic carbocycles. The number of aromatic nitrogens is 1. The number of ketones is 1. The van der Waals surface area contributed by atoms with Crippen molar-refractivity contribution in [3.63, 3.8) is 0 Å². The van der Waals surface area contributed by atoms with Crippen LogP contribution in [-0.2, 0) is 6.54 Å². The van der Waals surface area contributed by atoms with E-state index in [0.29, 0.717) is 17.8 Å². The number of anilines is 1.